The fraction of sp³-hybridized carbons (Fsp3) is 0.0667. The summed E-state index contributed by atoms with van der Waals surface area (Å²) in [6, 6.07) is 11.0. The molecule has 108 valence electrons. The molecule has 0 amide bonds. The van der Waals surface area contributed by atoms with Gasteiger partial charge in [0.15, 0.2) is 12.1 Å². The Balaban J connectivity index is 2.06. The first kappa shape index (κ1) is 12.5. The molecule has 1 atom stereocenters. The minimum Gasteiger partial charge on any atom is -0.370 e. The van der Waals surface area contributed by atoms with Crippen molar-refractivity contribution in [3.05, 3.63) is 64.7 Å². The van der Waals surface area contributed by atoms with Crippen LogP contribution < -0.4 is 16.6 Å². The van der Waals surface area contributed by atoms with E-state index in [9.17, 15) is 4.79 Å². The number of nitrogens with one attached hydrogen (secondary N) is 1. The first-order chi connectivity index (χ1) is 10.7. The zero-order valence-corrected chi connectivity index (χ0v) is 11.5. The van der Waals surface area contributed by atoms with Crippen molar-refractivity contribution in [2.75, 3.05) is 5.32 Å². The summed E-state index contributed by atoms with van der Waals surface area (Å²) in [5, 5.41) is 3.40. The van der Waals surface area contributed by atoms with Gasteiger partial charge in [-0.2, -0.15) is 4.98 Å². The lowest BCUT2D eigenvalue weighted by molar-refractivity contribution is 0.615. The second kappa shape index (κ2) is 4.66. The number of hydrogen-bond acceptors (Lipinski definition) is 6. The molecular weight excluding hydrogens is 280 g/mol. The molecule has 4 rings (SSSR count). The monoisotopic (exact) mass is 292 g/mol. The lowest BCUT2D eigenvalue weighted by Crippen LogP contribution is -2.34. The zero-order chi connectivity index (χ0) is 15.1. The molecule has 7 heteroatoms. The fourth-order valence-electron chi connectivity index (χ4n) is 2.62. The van der Waals surface area contributed by atoms with Crippen molar-refractivity contribution >= 4 is 22.8 Å². The van der Waals surface area contributed by atoms with E-state index in [1.165, 1.54) is 0 Å². The maximum atomic E-state index is 12.1. The Morgan fingerprint density at radius 1 is 1.14 bits per heavy atom. The number of benzene rings is 1. The van der Waals surface area contributed by atoms with Gasteiger partial charge in [0, 0.05) is 18.0 Å². The van der Waals surface area contributed by atoms with E-state index in [0.717, 1.165) is 11.1 Å². The van der Waals surface area contributed by atoms with Crippen LogP contribution in [0.15, 0.2) is 58.6 Å². The van der Waals surface area contributed by atoms with Crippen molar-refractivity contribution in [1.82, 2.24) is 14.5 Å². The quantitative estimate of drug-likeness (QED) is 0.699. The van der Waals surface area contributed by atoms with Crippen LogP contribution in [-0.4, -0.2) is 20.5 Å². The maximum Gasteiger partial charge on any atom is 0.282 e. The Bertz CT molecular complexity index is 947. The van der Waals surface area contributed by atoms with Crippen molar-refractivity contribution in [1.29, 1.82) is 0 Å². The Morgan fingerprint density at radius 3 is 2.73 bits per heavy atom. The molecule has 1 aromatic carbocycles. The first-order valence-corrected chi connectivity index (χ1v) is 6.75. The van der Waals surface area contributed by atoms with Crippen molar-refractivity contribution in [3.63, 3.8) is 0 Å². The summed E-state index contributed by atoms with van der Waals surface area (Å²) in [5.41, 5.74) is 7.21. The number of rotatable bonds is 1. The largest absolute Gasteiger partial charge is 0.370 e. The summed E-state index contributed by atoms with van der Waals surface area (Å²) in [6.45, 7) is 0. The third-order valence-electron chi connectivity index (χ3n) is 3.58. The van der Waals surface area contributed by atoms with Gasteiger partial charge >= 0.3 is 0 Å². The number of anilines is 1. The molecule has 0 aliphatic carbocycles. The summed E-state index contributed by atoms with van der Waals surface area (Å²) in [7, 11) is 0. The van der Waals surface area contributed by atoms with E-state index in [0.29, 0.717) is 11.3 Å². The van der Waals surface area contributed by atoms with Crippen molar-refractivity contribution < 1.29 is 0 Å². The molecule has 0 fully saturated rings. The highest BCUT2D eigenvalue weighted by molar-refractivity contribution is 5.93. The molecule has 3 heterocycles. The Labute approximate surface area is 125 Å². The van der Waals surface area contributed by atoms with Gasteiger partial charge in [-0.3, -0.25) is 19.7 Å². The summed E-state index contributed by atoms with van der Waals surface area (Å²) in [4.78, 5) is 24.7. The number of pyridine rings is 1. The number of hydrogen-bond donors (Lipinski definition) is 2. The molecule has 1 aliphatic heterocycles. The van der Waals surface area contributed by atoms with E-state index in [1.807, 2.05) is 34.9 Å². The van der Waals surface area contributed by atoms with E-state index in [1.54, 1.807) is 18.5 Å². The molecule has 1 aliphatic rings. The lowest BCUT2D eigenvalue weighted by Gasteiger charge is -2.27. The highest BCUT2D eigenvalue weighted by atomic mass is 16.1. The lowest BCUT2D eigenvalue weighted by atomic mass is 10.1. The molecule has 0 bridgehead atoms. The SMILES string of the molecule is NC1=NC(c2ccncc2)n2c(nc(=O)c3ccccc32)N1. The van der Waals surface area contributed by atoms with Gasteiger partial charge in [-0.1, -0.05) is 12.1 Å². The summed E-state index contributed by atoms with van der Waals surface area (Å²) < 4.78 is 1.86. The third-order valence-corrected chi connectivity index (χ3v) is 3.58. The highest BCUT2D eigenvalue weighted by Gasteiger charge is 2.24. The fourth-order valence-corrected chi connectivity index (χ4v) is 2.62. The first-order valence-electron chi connectivity index (χ1n) is 6.75. The van der Waals surface area contributed by atoms with Gasteiger partial charge < -0.3 is 5.73 Å². The van der Waals surface area contributed by atoms with Gasteiger partial charge in [-0.05, 0) is 24.3 Å². The number of aliphatic imine (C=N–C) groups is 1. The normalized spacial score (nSPS) is 16.7. The molecule has 7 nitrogen and oxygen atoms in total. The standard InChI is InChI=1S/C15H12N6O/c16-14-18-12(9-5-7-17-8-6-9)21-11-4-2-1-3-10(11)13(22)19-15(21)20-14/h1-8,12H,(H3,16,18,19,20,22). The van der Waals surface area contributed by atoms with Crippen LogP contribution in [-0.2, 0) is 0 Å². The molecule has 0 radical (unpaired) electrons. The third kappa shape index (κ3) is 1.83. The van der Waals surface area contributed by atoms with Crippen molar-refractivity contribution in [2.45, 2.75) is 6.17 Å². The Hall–Kier alpha value is -3.22. The van der Waals surface area contributed by atoms with Gasteiger partial charge in [-0.25, -0.2) is 4.99 Å². The van der Waals surface area contributed by atoms with Crippen LogP contribution in [0.25, 0.3) is 10.9 Å². The number of nitrogens with two attached hydrogens (primary N) is 1. The number of nitrogens with zero attached hydrogens (tertiary/aromatic N) is 4. The second-order valence-electron chi connectivity index (χ2n) is 4.92. The molecule has 0 saturated heterocycles. The van der Waals surface area contributed by atoms with Crippen LogP contribution in [0.3, 0.4) is 0 Å². The smallest absolute Gasteiger partial charge is 0.282 e. The number of aromatic nitrogens is 3. The Kier molecular flexibility index (Phi) is 2.65. The van der Waals surface area contributed by atoms with E-state index in [4.69, 9.17) is 5.73 Å². The summed E-state index contributed by atoms with van der Waals surface area (Å²) >= 11 is 0. The van der Waals surface area contributed by atoms with Gasteiger partial charge in [0.2, 0.25) is 5.95 Å². The van der Waals surface area contributed by atoms with Crippen molar-refractivity contribution in [3.8, 4) is 0 Å². The van der Waals surface area contributed by atoms with E-state index >= 15 is 0 Å². The minimum absolute atomic E-state index is 0.226. The van der Waals surface area contributed by atoms with Crippen LogP contribution >= 0.6 is 0 Å². The van der Waals surface area contributed by atoms with Gasteiger partial charge in [0.05, 0.1) is 10.9 Å². The highest BCUT2D eigenvalue weighted by Crippen LogP contribution is 2.29. The van der Waals surface area contributed by atoms with Gasteiger partial charge in [-0.15, -0.1) is 0 Å². The number of guanidine groups is 1. The van der Waals surface area contributed by atoms with Crippen LogP contribution in [0.5, 0.6) is 0 Å². The predicted molar refractivity (Wildman–Crippen MR) is 83.6 cm³/mol. The van der Waals surface area contributed by atoms with Crippen LogP contribution in [0.4, 0.5) is 5.95 Å². The number of fused-ring (bicyclic) bond motifs is 3. The molecule has 22 heavy (non-hydrogen) atoms. The molecule has 1 unspecified atom stereocenters. The Morgan fingerprint density at radius 2 is 1.91 bits per heavy atom. The molecule has 3 aromatic rings. The van der Waals surface area contributed by atoms with Gasteiger partial charge in [0.25, 0.3) is 5.56 Å². The van der Waals surface area contributed by atoms with Crippen LogP contribution in [0, 0.1) is 0 Å². The molecule has 3 N–H and O–H groups in total. The van der Waals surface area contributed by atoms with Crippen LogP contribution in [0.1, 0.15) is 11.7 Å². The molecule has 2 aromatic heterocycles. The van der Waals surface area contributed by atoms with E-state index < -0.39 is 6.17 Å². The molecule has 0 spiro atoms. The average Bonchev–Trinajstić information content (AvgIpc) is 2.55. The maximum absolute atomic E-state index is 12.1. The second-order valence-corrected chi connectivity index (χ2v) is 4.92. The van der Waals surface area contributed by atoms with Gasteiger partial charge in [0.1, 0.15) is 0 Å². The average molecular weight is 292 g/mol. The summed E-state index contributed by atoms with van der Waals surface area (Å²) in [5.74, 6) is 0.613. The zero-order valence-electron chi connectivity index (χ0n) is 11.5. The molecular formula is C15H12N6O. The minimum atomic E-state index is -0.391. The summed E-state index contributed by atoms with van der Waals surface area (Å²) in [6.07, 6.45) is 3.00. The molecule has 0 saturated carbocycles. The van der Waals surface area contributed by atoms with E-state index in [2.05, 4.69) is 20.3 Å². The van der Waals surface area contributed by atoms with Crippen LogP contribution in [0.2, 0.25) is 0 Å². The predicted octanol–water partition coefficient (Wildman–Crippen LogP) is 1.08. The topological polar surface area (TPSA) is 98.2 Å². The van der Waals surface area contributed by atoms with Crippen molar-refractivity contribution in [2.24, 2.45) is 10.7 Å². The van der Waals surface area contributed by atoms with E-state index in [-0.39, 0.29) is 11.5 Å². The number of para-hydroxylation sites is 1.